The smallest absolute Gasteiger partial charge is 0.322 e. The fourth-order valence-electron chi connectivity index (χ4n) is 1.82. The van der Waals surface area contributed by atoms with Gasteiger partial charge in [-0.1, -0.05) is 34.8 Å². The zero-order valence-electron chi connectivity index (χ0n) is 11.6. The molecule has 1 N–H and O–H groups in total. The number of benzene rings is 1. The van der Waals surface area contributed by atoms with Crippen LogP contribution in [0.5, 0.6) is 0 Å². The third kappa shape index (κ3) is 4.43. The number of aromatic nitrogens is 1. The quantitative estimate of drug-likeness (QED) is 0.828. The number of anilines is 1. The number of hydrogen-bond donors (Lipinski definition) is 1. The molecular weight excluding hydrogens is 392 g/mol. The van der Waals surface area contributed by atoms with Crippen molar-refractivity contribution in [3.8, 4) is 0 Å². The van der Waals surface area contributed by atoms with E-state index in [1.54, 1.807) is 0 Å². The number of carbonyl (C=O) groups excluding carboxylic acids is 1. The van der Waals surface area contributed by atoms with Gasteiger partial charge in [-0.15, -0.1) is 0 Å². The van der Waals surface area contributed by atoms with Crippen LogP contribution >= 0.6 is 34.8 Å². The lowest BCUT2D eigenvalue weighted by Crippen LogP contribution is -2.28. The van der Waals surface area contributed by atoms with Gasteiger partial charge in [-0.05, 0) is 18.2 Å². The summed E-state index contributed by atoms with van der Waals surface area (Å²) < 4.78 is 38.6. The van der Waals surface area contributed by atoms with Gasteiger partial charge in [0.1, 0.15) is 6.54 Å². The molecule has 4 nitrogen and oxygen atoms in total. The first kappa shape index (κ1) is 18.6. The van der Waals surface area contributed by atoms with Crippen LogP contribution in [0.4, 0.5) is 18.9 Å². The van der Waals surface area contributed by atoms with Gasteiger partial charge in [0.2, 0.25) is 5.91 Å². The van der Waals surface area contributed by atoms with Gasteiger partial charge in [0.25, 0.3) is 5.56 Å². The van der Waals surface area contributed by atoms with E-state index in [9.17, 15) is 22.8 Å². The first-order valence-electron chi connectivity index (χ1n) is 6.30. The van der Waals surface area contributed by atoms with Crippen LogP contribution in [0, 0.1) is 0 Å². The molecule has 2 aromatic rings. The molecule has 0 saturated carbocycles. The van der Waals surface area contributed by atoms with E-state index in [2.05, 4.69) is 5.32 Å². The minimum Gasteiger partial charge on any atom is -0.322 e. The number of nitrogens with one attached hydrogen (secondary N) is 1. The maximum Gasteiger partial charge on any atom is 0.417 e. The van der Waals surface area contributed by atoms with E-state index in [0.29, 0.717) is 16.8 Å². The largest absolute Gasteiger partial charge is 0.417 e. The van der Waals surface area contributed by atoms with Crippen LogP contribution in [0.25, 0.3) is 0 Å². The third-order valence-electron chi connectivity index (χ3n) is 2.90. The summed E-state index contributed by atoms with van der Waals surface area (Å²) in [5.41, 5.74) is -1.75. The molecule has 0 aliphatic heterocycles. The summed E-state index contributed by atoms with van der Waals surface area (Å²) in [7, 11) is 0. The van der Waals surface area contributed by atoms with E-state index in [1.165, 1.54) is 12.1 Å². The van der Waals surface area contributed by atoms with Gasteiger partial charge in [0.15, 0.2) is 0 Å². The molecule has 0 saturated heterocycles. The molecule has 0 spiro atoms. The fraction of sp³-hybridized carbons (Fsp3) is 0.143. The summed E-state index contributed by atoms with van der Waals surface area (Å²) in [6, 6.07) is 4.05. The van der Waals surface area contributed by atoms with Gasteiger partial charge in [-0.25, -0.2) is 0 Å². The minimum absolute atomic E-state index is 0.0489. The minimum atomic E-state index is -4.63. The van der Waals surface area contributed by atoms with Crippen molar-refractivity contribution < 1.29 is 18.0 Å². The van der Waals surface area contributed by atoms with Crippen molar-refractivity contribution in [2.75, 3.05) is 5.32 Å². The molecule has 0 unspecified atom stereocenters. The van der Waals surface area contributed by atoms with Crippen molar-refractivity contribution >= 4 is 46.4 Å². The normalized spacial score (nSPS) is 11.4. The Kier molecular flexibility index (Phi) is 5.47. The Morgan fingerprint density at radius 3 is 2.25 bits per heavy atom. The molecule has 1 heterocycles. The number of alkyl halides is 3. The van der Waals surface area contributed by atoms with Crippen molar-refractivity contribution in [3.05, 3.63) is 61.4 Å². The standard InChI is InChI=1S/C14H8Cl3F3N2O2/c15-8-3-9(16)13(10(17)4-8)21-11(23)6-22-5-7(14(18,19)20)1-2-12(22)24/h1-5H,6H2,(H,21,23). The van der Waals surface area contributed by atoms with E-state index < -0.39 is 29.8 Å². The zero-order valence-corrected chi connectivity index (χ0v) is 13.9. The number of nitrogens with zero attached hydrogens (tertiary/aromatic N) is 1. The Bertz CT molecular complexity index is 827. The lowest BCUT2D eigenvalue weighted by atomic mass is 10.2. The van der Waals surface area contributed by atoms with Crippen LogP contribution in [0.1, 0.15) is 5.56 Å². The number of halogens is 6. The highest BCUT2D eigenvalue weighted by atomic mass is 35.5. The highest BCUT2D eigenvalue weighted by molar-refractivity contribution is 6.42. The van der Waals surface area contributed by atoms with Crippen LogP contribution in [-0.2, 0) is 17.5 Å². The first-order valence-corrected chi connectivity index (χ1v) is 7.43. The van der Waals surface area contributed by atoms with Gasteiger partial charge < -0.3 is 9.88 Å². The molecule has 1 amide bonds. The van der Waals surface area contributed by atoms with Crippen LogP contribution in [0.15, 0.2) is 35.3 Å². The van der Waals surface area contributed by atoms with E-state index in [0.717, 1.165) is 6.07 Å². The second kappa shape index (κ2) is 7.04. The summed E-state index contributed by atoms with van der Waals surface area (Å²) in [5.74, 6) is -0.775. The summed E-state index contributed by atoms with van der Waals surface area (Å²) in [6.45, 7) is -0.641. The van der Waals surface area contributed by atoms with Crippen molar-refractivity contribution in [2.45, 2.75) is 12.7 Å². The third-order valence-corrected chi connectivity index (χ3v) is 3.71. The lowest BCUT2D eigenvalue weighted by Gasteiger charge is -2.12. The Hall–Kier alpha value is -1.70. The van der Waals surface area contributed by atoms with Crippen LogP contribution in [-0.4, -0.2) is 10.5 Å². The first-order chi connectivity index (χ1) is 11.1. The Labute approximate surface area is 148 Å². The highest BCUT2D eigenvalue weighted by Gasteiger charge is 2.31. The summed E-state index contributed by atoms with van der Waals surface area (Å²) in [4.78, 5) is 23.6. The van der Waals surface area contributed by atoms with Crippen LogP contribution in [0.3, 0.4) is 0 Å². The Morgan fingerprint density at radius 2 is 1.71 bits per heavy atom. The summed E-state index contributed by atoms with van der Waals surface area (Å²) in [6.07, 6.45) is -4.07. The van der Waals surface area contributed by atoms with Crippen LogP contribution < -0.4 is 10.9 Å². The Morgan fingerprint density at radius 1 is 1.12 bits per heavy atom. The number of hydrogen-bond acceptors (Lipinski definition) is 2. The lowest BCUT2D eigenvalue weighted by molar-refractivity contribution is -0.138. The number of pyridine rings is 1. The van der Waals surface area contributed by atoms with Crippen molar-refractivity contribution in [1.82, 2.24) is 4.57 Å². The van der Waals surface area contributed by atoms with Gasteiger partial charge >= 0.3 is 6.18 Å². The van der Waals surface area contributed by atoms with Gasteiger partial charge in [-0.2, -0.15) is 13.2 Å². The van der Waals surface area contributed by atoms with Crippen LogP contribution in [0.2, 0.25) is 15.1 Å². The molecule has 2 rings (SSSR count). The molecule has 0 bridgehead atoms. The maximum atomic E-state index is 12.7. The molecule has 1 aromatic heterocycles. The molecule has 1 aromatic carbocycles. The molecule has 24 heavy (non-hydrogen) atoms. The molecule has 0 radical (unpaired) electrons. The topological polar surface area (TPSA) is 51.1 Å². The van der Waals surface area contributed by atoms with Crippen molar-refractivity contribution in [1.29, 1.82) is 0 Å². The SMILES string of the molecule is O=C(Cn1cc(C(F)(F)F)ccc1=O)Nc1c(Cl)cc(Cl)cc1Cl. The average molecular weight is 400 g/mol. The molecule has 0 fully saturated rings. The van der Waals surface area contributed by atoms with Gasteiger partial charge in [0.05, 0.1) is 21.3 Å². The molecular formula is C14H8Cl3F3N2O2. The molecule has 10 heteroatoms. The number of amides is 1. The molecule has 0 atom stereocenters. The molecule has 0 aliphatic carbocycles. The second-order valence-electron chi connectivity index (χ2n) is 4.67. The predicted octanol–water partition coefficient (Wildman–Crippen LogP) is 4.47. The highest BCUT2D eigenvalue weighted by Crippen LogP contribution is 2.33. The maximum absolute atomic E-state index is 12.7. The number of carbonyl (C=O) groups is 1. The summed E-state index contributed by atoms with van der Waals surface area (Å²) in [5, 5.41) is 2.69. The summed E-state index contributed by atoms with van der Waals surface area (Å²) >= 11 is 17.5. The Balaban J connectivity index is 2.24. The number of rotatable bonds is 3. The van der Waals surface area contributed by atoms with E-state index in [4.69, 9.17) is 34.8 Å². The van der Waals surface area contributed by atoms with E-state index in [-0.39, 0.29) is 20.8 Å². The van der Waals surface area contributed by atoms with E-state index in [1.807, 2.05) is 0 Å². The monoisotopic (exact) mass is 398 g/mol. The second-order valence-corrected chi connectivity index (χ2v) is 5.93. The average Bonchev–Trinajstić information content (AvgIpc) is 2.44. The predicted molar refractivity (Wildman–Crippen MR) is 85.8 cm³/mol. The zero-order chi connectivity index (χ0) is 18.1. The van der Waals surface area contributed by atoms with Gasteiger partial charge in [-0.3, -0.25) is 9.59 Å². The molecule has 128 valence electrons. The van der Waals surface area contributed by atoms with Gasteiger partial charge in [0, 0.05) is 17.3 Å². The molecule has 0 aliphatic rings. The van der Waals surface area contributed by atoms with Crippen molar-refractivity contribution in [2.24, 2.45) is 0 Å². The fourth-order valence-corrected chi connectivity index (χ4v) is 2.73. The van der Waals surface area contributed by atoms with E-state index >= 15 is 0 Å². The van der Waals surface area contributed by atoms with Crippen molar-refractivity contribution in [3.63, 3.8) is 0 Å².